The van der Waals surface area contributed by atoms with E-state index in [0.29, 0.717) is 0 Å². The normalized spacial score (nSPS) is 12.2. The Morgan fingerprint density at radius 3 is 2.53 bits per heavy atom. The third kappa shape index (κ3) is 5.96. The molecule has 1 heterocycles. The topological polar surface area (TPSA) is 37.8 Å². The third-order valence-corrected chi connectivity index (χ3v) is 1.86. The van der Waals surface area contributed by atoms with Crippen molar-refractivity contribution < 1.29 is 0 Å². The smallest absolute Gasteiger partial charge is 0.115 e. The average molecular weight is 205 g/mol. The van der Waals surface area contributed by atoms with Gasteiger partial charge in [0.05, 0.1) is 0 Å². The van der Waals surface area contributed by atoms with E-state index in [9.17, 15) is 0 Å². The van der Waals surface area contributed by atoms with E-state index in [1.54, 1.807) is 18.7 Å². The highest BCUT2D eigenvalue weighted by atomic mass is 14.9. The molecule has 0 bridgehead atoms. The monoisotopic (exact) mass is 205 g/mol. The number of hydrogen-bond acceptors (Lipinski definition) is 3. The van der Waals surface area contributed by atoms with Crippen molar-refractivity contribution >= 4 is 6.08 Å². The number of rotatable bonds is 4. The van der Waals surface area contributed by atoms with Crippen molar-refractivity contribution in [2.24, 2.45) is 0 Å². The van der Waals surface area contributed by atoms with E-state index in [2.05, 4.69) is 42.1 Å². The Kier molecular flexibility index (Phi) is 4.43. The van der Waals surface area contributed by atoms with Gasteiger partial charge in [-0.3, -0.25) is 0 Å². The second-order valence-corrected chi connectivity index (χ2v) is 4.54. The third-order valence-electron chi connectivity index (χ3n) is 1.86. The molecule has 1 N–H and O–H groups in total. The van der Waals surface area contributed by atoms with E-state index in [0.717, 1.165) is 18.5 Å². The lowest BCUT2D eigenvalue weighted by Crippen LogP contribution is -2.36. The highest BCUT2D eigenvalue weighted by Crippen LogP contribution is 2.00. The quantitative estimate of drug-likeness (QED) is 0.766. The van der Waals surface area contributed by atoms with Crippen LogP contribution in [-0.4, -0.2) is 22.1 Å². The summed E-state index contributed by atoms with van der Waals surface area (Å²) in [6, 6.07) is 0. The molecule has 82 valence electrons. The van der Waals surface area contributed by atoms with Gasteiger partial charge in [0.25, 0.3) is 0 Å². The lowest BCUT2D eigenvalue weighted by Gasteiger charge is -2.19. The van der Waals surface area contributed by atoms with Crippen molar-refractivity contribution in [2.75, 3.05) is 6.54 Å². The van der Waals surface area contributed by atoms with Crippen LogP contribution in [0, 0.1) is 0 Å². The fourth-order valence-corrected chi connectivity index (χ4v) is 1.15. The molecule has 0 aromatic carbocycles. The molecule has 3 heteroatoms. The van der Waals surface area contributed by atoms with Gasteiger partial charge in [0, 0.05) is 23.5 Å². The molecular formula is C12H19N3. The molecule has 0 aliphatic rings. The number of nitrogens with one attached hydrogen (secondary N) is 1. The predicted molar refractivity (Wildman–Crippen MR) is 63.4 cm³/mol. The van der Waals surface area contributed by atoms with Gasteiger partial charge in [0.2, 0.25) is 0 Å². The standard InChI is InChI=1S/C12H19N3/c1-12(2,3)15-7-5-4-6-11-8-13-10-14-9-11/h4,6,8-10,15H,5,7H2,1-3H3. The molecule has 0 saturated carbocycles. The first kappa shape index (κ1) is 11.9. The van der Waals surface area contributed by atoms with Gasteiger partial charge in [-0.05, 0) is 33.7 Å². The fraction of sp³-hybridized carbons (Fsp3) is 0.500. The molecule has 0 radical (unpaired) electrons. The van der Waals surface area contributed by atoms with Crippen molar-refractivity contribution in [1.82, 2.24) is 15.3 Å². The van der Waals surface area contributed by atoms with Crippen LogP contribution in [0.5, 0.6) is 0 Å². The van der Waals surface area contributed by atoms with Gasteiger partial charge in [-0.25, -0.2) is 9.97 Å². The molecule has 0 unspecified atom stereocenters. The van der Waals surface area contributed by atoms with E-state index in [4.69, 9.17) is 0 Å². The molecule has 1 aromatic heterocycles. The van der Waals surface area contributed by atoms with Gasteiger partial charge < -0.3 is 5.32 Å². The van der Waals surface area contributed by atoms with Crippen LogP contribution in [0.25, 0.3) is 6.08 Å². The van der Waals surface area contributed by atoms with Crippen LogP contribution in [0.1, 0.15) is 32.8 Å². The summed E-state index contributed by atoms with van der Waals surface area (Å²) in [6.45, 7) is 7.50. The molecule has 3 nitrogen and oxygen atoms in total. The molecule has 0 saturated heterocycles. The summed E-state index contributed by atoms with van der Waals surface area (Å²) in [5, 5.41) is 3.43. The lowest BCUT2D eigenvalue weighted by atomic mass is 10.1. The highest BCUT2D eigenvalue weighted by Gasteiger charge is 2.05. The van der Waals surface area contributed by atoms with Crippen LogP contribution in [0.3, 0.4) is 0 Å². The van der Waals surface area contributed by atoms with Crippen LogP contribution in [0.2, 0.25) is 0 Å². The second kappa shape index (κ2) is 5.61. The Morgan fingerprint density at radius 2 is 1.93 bits per heavy atom. The minimum absolute atomic E-state index is 0.198. The van der Waals surface area contributed by atoms with Crippen molar-refractivity contribution in [1.29, 1.82) is 0 Å². The van der Waals surface area contributed by atoms with E-state index >= 15 is 0 Å². The Hall–Kier alpha value is -1.22. The zero-order valence-corrected chi connectivity index (χ0v) is 9.70. The molecule has 15 heavy (non-hydrogen) atoms. The number of nitrogens with zero attached hydrogens (tertiary/aromatic N) is 2. The van der Waals surface area contributed by atoms with Crippen molar-refractivity contribution in [2.45, 2.75) is 32.7 Å². The van der Waals surface area contributed by atoms with Crippen LogP contribution >= 0.6 is 0 Å². The first-order valence-corrected chi connectivity index (χ1v) is 5.24. The fourth-order valence-electron chi connectivity index (χ4n) is 1.15. The van der Waals surface area contributed by atoms with Crippen LogP contribution in [-0.2, 0) is 0 Å². The molecular weight excluding hydrogens is 186 g/mol. The Labute approximate surface area is 91.7 Å². The van der Waals surface area contributed by atoms with Crippen LogP contribution in [0.15, 0.2) is 24.8 Å². The molecule has 0 atom stereocenters. The summed E-state index contributed by atoms with van der Waals surface area (Å²) in [7, 11) is 0. The minimum atomic E-state index is 0.198. The summed E-state index contributed by atoms with van der Waals surface area (Å²) >= 11 is 0. The van der Waals surface area contributed by atoms with E-state index in [1.165, 1.54) is 0 Å². The lowest BCUT2D eigenvalue weighted by molar-refractivity contribution is 0.431. The highest BCUT2D eigenvalue weighted by molar-refractivity contribution is 5.45. The predicted octanol–water partition coefficient (Wildman–Crippen LogP) is 2.27. The Balaban J connectivity index is 2.24. The van der Waals surface area contributed by atoms with Crippen molar-refractivity contribution in [3.05, 3.63) is 30.4 Å². The largest absolute Gasteiger partial charge is 0.312 e. The van der Waals surface area contributed by atoms with Gasteiger partial charge in [-0.1, -0.05) is 12.2 Å². The maximum atomic E-state index is 3.94. The molecule has 1 aromatic rings. The van der Waals surface area contributed by atoms with Crippen molar-refractivity contribution in [3.8, 4) is 0 Å². The molecule has 0 amide bonds. The van der Waals surface area contributed by atoms with Crippen LogP contribution in [0.4, 0.5) is 0 Å². The average Bonchev–Trinajstić information content (AvgIpc) is 2.17. The molecule has 1 rings (SSSR count). The van der Waals surface area contributed by atoms with E-state index in [1.807, 2.05) is 6.08 Å². The van der Waals surface area contributed by atoms with Gasteiger partial charge in [0.15, 0.2) is 0 Å². The van der Waals surface area contributed by atoms with Gasteiger partial charge in [-0.2, -0.15) is 0 Å². The maximum Gasteiger partial charge on any atom is 0.115 e. The van der Waals surface area contributed by atoms with Gasteiger partial charge in [-0.15, -0.1) is 0 Å². The summed E-state index contributed by atoms with van der Waals surface area (Å²) in [5.74, 6) is 0. The second-order valence-electron chi connectivity index (χ2n) is 4.54. The first-order valence-electron chi connectivity index (χ1n) is 5.24. The van der Waals surface area contributed by atoms with Crippen LogP contribution < -0.4 is 5.32 Å². The summed E-state index contributed by atoms with van der Waals surface area (Å²) < 4.78 is 0. The number of hydrogen-bond donors (Lipinski definition) is 1. The zero-order chi connectivity index (χ0) is 11.1. The molecule has 0 aliphatic heterocycles. The van der Waals surface area contributed by atoms with E-state index < -0.39 is 0 Å². The Bertz CT molecular complexity index is 298. The summed E-state index contributed by atoms with van der Waals surface area (Å²) in [6.07, 6.45) is 10.4. The number of aromatic nitrogens is 2. The summed E-state index contributed by atoms with van der Waals surface area (Å²) in [4.78, 5) is 7.89. The SMILES string of the molecule is CC(C)(C)NCCC=Cc1cncnc1. The van der Waals surface area contributed by atoms with Gasteiger partial charge >= 0.3 is 0 Å². The van der Waals surface area contributed by atoms with E-state index in [-0.39, 0.29) is 5.54 Å². The summed E-state index contributed by atoms with van der Waals surface area (Å²) in [5.41, 5.74) is 1.25. The first-order chi connectivity index (χ1) is 7.08. The Morgan fingerprint density at radius 1 is 1.27 bits per heavy atom. The van der Waals surface area contributed by atoms with Crippen molar-refractivity contribution in [3.63, 3.8) is 0 Å². The zero-order valence-electron chi connectivity index (χ0n) is 9.70. The molecule has 0 fully saturated rings. The minimum Gasteiger partial charge on any atom is -0.312 e. The molecule has 0 spiro atoms. The molecule has 0 aliphatic carbocycles. The maximum absolute atomic E-state index is 3.94. The van der Waals surface area contributed by atoms with Gasteiger partial charge in [0.1, 0.15) is 6.33 Å².